The zero-order chi connectivity index (χ0) is 13.6. The van der Waals surface area contributed by atoms with E-state index in [1.807, 2.05) is 0 Å². The lowest BCUT2D eigenvalue weighted by Gasteiger charge is -2.24. The molecule has 3 nitrogen and oxygen atoms in total. The van der Waals surface area contributed by atoms with Gasteiger partial charge in [-0.3, -0.25) is 4.90 Å². The Morgan fingerprint density at radius 1 is 1.15 bits per heavy atom. The van der Waals surface area contributed by atoms with Crippen LogP contribution in [0.15, 0.2) is 24.3 Å². The Bertz CT molecular complexity index is 409. The van der Waals surface area contributed by atoms with Crippen molar-refractivity contribution in [3.63, 3.8) is 0 Å². The predicted molar refractivity (Wildman–Crippen MR) is 83.0 cm³/mol. The molecule has 0 radical (unpaired) electrons. The second-order valence-electron chi connectivity index (χ2n) is 6.10. The summed E-state index contributed by atoms with van der Waals surface area (Å²) in [6, 6.07) is 8.76. The number of anilines is 1. The Hall–Kier alpha value is -1.06. The molecular weight excluding hydrogens is 248 g/mol. The molecule has 0 spiro atoms. The molecule has 3 rings (SSSR count). The van der Waals surface area contributed by atoms with Crippen LogP contribution in [0.4, 0.5) is 5.69 Å². The largest absolute Gasteiger partial charge is 0.384 e. The van der Waals surface area contributed by atoms with Gasteiger partial charge >= 0.3 is 0 Å². The number of hydrogen-bond acceptors (Lipinski definition) is 3. The third kappa shape index (κ3) is 3.74. The van der Waals surface area contributed by atoms with Crippen molar-refractivity contribution in [3.8, 4) is 0 Å². The van der Waals surface area contributed by atoms with Crippen LogP contribution in [0.25, 0.3) is 0 Å². The first-order valence-electron chi connectivity index (χ1n) is 8.04. The molecule has 2 saturated heterocycles. The van der Waals surface area contributed by atoms with E-state index >= 15 is 0 Å². The topological polar surface area (TPSA) is 24.5 Å². The molecule has 0 aromatic heterocycles. The van der Waals surface area contributed by atoms with E-state index in [0.717, 1.165) is 26.3 Å². The van der Waals surface area contributed by atoms with Gasteiger partial charge in [-0.05, 0) is 56.3 Å². The van der Waals surface area contributed by atoms with Gasteiger partial charge in [0.15, 0.2) is 0 Å². The fraction of sp³-hybridized carbons (Fsp3) is 0.647. The lowest BCUT2D eigenvalue weighted by molar-refractivity contribution is 0.0595. The maximum Gasteiger partial charge on any atom is 0.0511 e. The average molecular weight is 274 g/mol. The lowest BCUT2D eigenvalue weighted by Crippen LogP contribution is -2.25. The van der Waals surface area contributed by atoms with Crippen LogP contribution in [0.2, 0.25) is 0 Å². The first kappa shape index (κ1) is 13.9. The molecule has 0 saturated carbocycles. The van der Waals surface area contributed by atoms with E-state index in [2.05, 4.69) is 34.5 Å². The Morgan fingerprint density at radius 3 is 2.80 bits per heavy atom. The molecule has 0 amide bonds. The first-order chi connectivity index (χ1) is 9.92. The highest BCUT2D eigenvalue weighted by Gasteiger charge is 2.16. The average Bonchev–Trinajstić information content (AvgIpc) is 3.00. The first-order valence-corrected chi connectivity index (χ1v) is 8.04. The van der Waals surface area contributed by atoms with Gasteiger partial charge in [0.1, 0.15) is 0 Å². The molecule has 110 valence electrons. The molecule has 0 aliphatic carbocycles. The van der Waals surface area contributed by atoms with Crippen LogP contribution < -0.4 is 5.32 Å². The number of nitrogens with zero attached hydrogens (tertiary/aromatic N) is 1. The zero-order valence-electron chi connectivity index (χ0n) is 12.3. The fourth-order valence-corrected chi connectivity index (χ4v) is 3.23. The third-order valence-electron chi connectivity index (χ3n) is 4.45. The van der Waals surface area contributed by atoms with Crippen molar-refractivity contribution in [2.75, 3.05) is 38.2 Å². The molecule has 2 aliphatic heterocycles. The van der Waals surface area contributed by atoms with Crippen LogP contribution in [-0.2, 0) is 11.3 Å². The van der Waals surface area contributed by atoms with E-state index in [1.54, 1.807) is 0 Å². The van der Waals surface area contributed by atoms with Gasteiger partial charge in [0.2, 0.25) is 0 Å². The van der Waals surface area contributed by atoms with E-state index in [-0.39, 0.29) is 0 Å². The molecule has 1 atom stereocenters. The van der Waals surface area contributed by atoms with Crippen molar-refractivity contribution in [2.45, 2.75) is 32.2 Å². The summed E-state index contributed by atoms with van der Waals surface area (Å²) in [6.07, 6.45) is 5.22. The second kappa shape index (κ2) is 7.09. The SMILES string of the molecule is c1ccc(NCC2CCCOC2)c(CN2CCCC2)c1. The minimum absolute atomic E-state index is 0.670. The molecule has 2 aliphatic rings. The third-order valence-corrected chi connectivity index (χ3v) is 4.45. The van der Waals surface area contributed by atoms with E-state index in [1.165, 1.54) is 50.0 Å². The fourth-order valence-electron chi connectivity index (χ4n) is 3.23. The van der Waals surface area contributed by atoms with Crippen LogP contribution in [-0.4, -0.2) is 37.7 Å². The Kier molecular flexibility index (Phi) is 4.93. The smallest absolute Gasteiger partial charge is 0.0511 e. The summed E-state index contributed by atoms with van der Waals surface area (Å²) in [7, 11) is 0. The number of para-hydroxylation sites is 1. The minimum Gasteiger partial charge on any atom is -0.384 e. The standard InChI is InChI=1S/C17H26N2O/c1-2-8-17(18-12-15-6-5-11-20-14-15)16(7-1)13-19-9-3-4-10-19/h1-2,7-8,15,18H,3-6,9-14H2. The molecule has 1 aromatic rings. The minimum atomic E-state index is 0.670. The molecule has 2 fully saturated rings. The van der Waals surface area contributed by atoms with Gasteiger partial charge in [-0.2, -0.15) is 0 Å². The van der Waals surface area contributed by atoms with Crippen LogP contribution in [0, 0.1) is 5.92 Å². The van der Waals surface area contributed by atoms with Gasteiger partial charge in [-0.25, -0.2) is 0 Å². The molecule has 1 aromatic carbocycles. The maximum absolute atomic E-state index is 5.56. The number of nitrogens with one attached hydrogen (secondary N) is 1. The number of hydrogen-bond donors (Lipinski definition) is 1. The highest BCUT2D eigenvalue weighted by molar-refractivity contribution is 5.51. The summed E-state index contributed by atoms with van der Waals surface area (Å²) in [5, 5.41) is 3.65. The lowest BCUT2D eigenvalue weighted by atomic mass is 10.0. The summed E-state index contributed by atoms with van der Waals surface area (Å²) >= 11 is 0. The summed E-state index contributed by atoms with van der Waals surface area (Å²) in [6.45, 7) is 6.50. The maximum atomic E-state index is 5.56. The number of rotatable bonds is 5. The van der Waals surface area contributed by atoms with Crippen LogP contribution in [0.3, 0.4) is 0 Å². The van der Waals surface area contributed by atoms with E-state index in [9.17, 15) is 0 Å². The molecule has 0 bridgehead atoms. The highest BCUT2D eigenvalue weighted by atomic mass is 16.5. The van der Waals surface area contributed by atoms with Crippen LogP contribution >= 0.6 is 0 Å². The Labute approximate surface area is 122 Å². The van der Waals surface area contributed by atoms with Crippen molar-refractivity contribution >= 4 is 5.69 Å². The Morgan fingerprint density at radius 2 is 2.00 bits per heavy atom. The number of likely N-dealkylation sites (tertiary alicyclic amines) is 1. The molecule has 20 heavy (non-hydrogen) atoms. The summed E-state index contributed by atoms with van der Waals surface area (Å²) in [5.41, 5.74) is 2.75. The van der Waals surface area contributed by atoms with Gasteiger partial charge in [0.25, 0.3) is 0 Å². The normalized spacial score (nSPS) is 23.9. The van der Waals surface area contributed by atoms with E-state index in [4.69, 9.17) is 4.74 Å². The number of ether oxygens (including phenoxy) is 1. The summed E-state index contributed by atoms with van der Waals surface area (Å²) in [5.74, 6) is 0.670. The molecule has 2 heterocycles. The summed E-state index contributed by atoms with van der Waals surface area (Å²) < 4.78 is 5.56. The summed E-state index contributed by atoms with van der Waals surface area (Å²) in [4.78, 5) is 2.56. The highest BCUT2D eigenvalue weighted by Crippen LogP contribution is 2.21. The van der Waals surface area contributed by atoms with Crippen LogP contribution in [0.1, 0.15) is 31.2 Å². The predicted octanol–water partition coefficient (Wildman–Crippen LogP) is 3.12. The van der Waals surface area contributed by atoms with E-state index < -0.39 is 0 Å². The van der Waals surface area contributed by atoms with Crippen molar-refractivity contribution in [3.05, 3.63) is 29.8 Å². The van der Waals surface area contributed by atoms with Gasteiger partial charge in [-0.1, -0.05) is 18.2 Å². The molecule has 3 heteroatoms. The van der Waals surface area contributed by atoms with Crippen molar-refractivity contribution in [1.29, 1.82) is 0 Å². The number of benzene rings is 1. The van der Waals surface area contributed by atoms with Crippen molar-refractivity contribution in [1.82, 2.24) is 4.90 Å². The quantitative estimate of drug-likeness (QED) is 0.893. The van der Waals surface area contributed by atoms with Gasteiger partial charge in [0, 0.05) is 25.4 Å². The van der Waals surface area contributed by atoms with Crippen molar-refractivity contribution < 1.29 is 4.74 Å². The van der Waals surface area contributed by atoms with Gasteiger partial charge in [-0.15, -0.1) is 0 Å². The van der Waals surface area contributed by atoms with Gasteiger partial charge < -0.3 is 10.1 Å². The molecule has 1 unspecified atom stereocenters. The van der Waals surface area contributed by atoms with Gasteiger partial charge in [0.05, 0.1) is 6.61 Å². The van der Waals surface area contributed by atoms with Crippen molar-refractivity contribution in [2.24, 2.45) is 5.92 Å². The second-order valence-corrected chi connectivity index (χ2v) is 6.10. The molecule has 1 N–H and O–H groups in total. The van der Waals surface area contributed by atoms with Crippen LogP contribution in [0.5, 0.6) is 0 Å². The Balaban J connectivity index is 1.57. The molecular formula is C17H26N2O. The van der Waals surface area contributed by atoms with E-state index in [0.29, 0.717) is 5.92 Å². The monoisotopic (exact) mass is 274 g/mol. The zero-order valence-corrected chi connectivity index (χ0v) is 12.3.